The van der Waals surface area contributed by atoms with Gasteiger partial charge in [0.2, 0.25) is 5.91 Å². The van der Waals surface area contributed by atoms with Crippen molar-refractivity contribution in [3.8, 4) is 0 Å². The third kappa shape index (κ3) is 3.38. The van der Waals surface area contributed by atoms with Crippen LogP contribution in [0.5, 0.6) is 0 Å². The first-order valence-corrected chi connectivity index (χ1v) is 7.43. The highest BCUT2D eigenvalue weighted by Crippen LogP contribution is 2.24. The number of nitrogens with two attached hydrogens (primary N) is 2. The largest absolute Gasteiger partial charge is 0.338 e. The van der Waals surface area contributed by atoms with Gasteiger partial charge < -0.3 is 16.4 Å². The van der Waals surface area contributed by atoms with Crippen LogP contribution in [0, 0.1) is 5.92 Å². The van der Waals surface area contributed by atoms with Crippen LogP contribution in [0.25, 0.3) is 0 Å². The van der Waals surface area contributed by atoms with E-state index in [-0.39, 0.29) is 18.0 Å². The molecule has 0 spiro atoms. The molecule has 0 radical (unpaired) electrons. The van der Waals surface area contributed by atoms with E-state index in [0.29, 0.717) is 18.9 Å². The van der Waals surface area contributed by atoms with Crippen LogP contribution in [0.2, 0.25) is 0 Å². The highest BCUT2D eigenvalue weighted by atomic mass is 16.2. The third-order valence-electron chi connectivity index (χ3n) is 4.30. The standard InChI is InChI=1S/C16H25N3O/c1-12-6-5-9-19(15(12)11-17)16(20)10-14(18)13-7-3-2-4-8-13/h2-4,7-8,12,14-15H,5-6,9-11,17-18H2,1H3. The zero-order chi connectivity index (χ0) is 14.5. The molecule has 0 bridgehead atoms. The van der Waals surface area contributed by atoms with Crippen molar-refractivity contribution in [1.82, 2.24) is 4.90 Å². The minimum atomic E-state index is -0.237. The lowest BCUT2D eigenvalue weighted by Gasteiger charge is -2.40. The Balaban J connectivity index is 2.00. The number of amides is 1. The Labute approximate surface area is 121 Å². The van der Waals surface area contributed by atoms with Gasteiger partial charge in [-0.2, -0.15) is 0 Å². The number of carbonyl (C=O) groups is 1. The molecule has 4 N–H and O–H groups in total. The molecule has 20 heavy (non-hydrogen) atoms. The molecule has 1 saturated heterocycles. The molecule has 3 atom stereocenters. The number of hydrogen-bond acceptors (Lipinski definition) is 3. The summed E-state index contributed by atoms with van der Waals surface area (Å²) in [4.78, 5) is 14.4. The van der Waals surface area contributed by atoms with Crippen LogP contribution in [-0.2, 0) is 4.79 Å². The van der Waals surface area contributed by atoms with Crippen LogP contribution in [0.3, 0.4) is 0 Å². The number of hydrogen-bond donors (Lipinski definition) is 2. The summed E-state index contributed by atoms with van der Waals surface area (Å²) in [5.74, 6) is 0.606. The van der Waals surface area contributed by atoms with E-state index in [4.69, 9.17) is 11.5 Å². The Bertz CT molecular complexity index is 435. The van der Waals surface area contributed by atoms with Crippen molar-refractivity contribution in [2.45, 2.75) is 38.3 Å². The molecule has 1 aromatic rings. The number of benzene rings is 1. The molecule has 1 amide bonds. The van der Waals surface area contributed by atoms with Crippen LogP contribution in [0.15, 0.2) is 30.3 Å². The zero-order valence-electron chi connectivity index (χ0n) is 12.2. The van der Waals surface area contributed by atoms with Crippen molar-refractivity contribution in [3.63, 3.8) is 0 Å². The number of carbonyl (C=O) groups excluding carboxylic acids is 1. The molecule has 1 fully saturated rings. The minimum absolute atomic E-state index is 0.128. The number of nitrogens with zero attached hydrogens (tertiary/aromatic N) is 1. The number of piperidine rings is 1. The Morgan fingerprint density at radius 2 is 2.10 bits per heavy atom. The van der Waals surface area contributed by atoms with Crippen molar-refractivity contribution in [3.05, 3.63) is 35.9 Å². The van der Waals surface area contributed by atoms with Gasteiger partial charge in [-0.05, 0) is 24.3 Å². The molecule has 1 aromatic carbocycles. The summed E-state index contributed by atoms with van der Waals surface area (Å²) in [6.07, 6.45) is 2.56. The Morgan fingerprint density at radius 1 is 1.40 bits per heavy atom. The van der Waals surface area contributed by atoms with Gasteiger partial charge in [0, 0.05) is 31.6 Å². The van der Waals surface area contributed by atoms with Gasteiger partial charge in [-0.25, -0.2) is 0 Å². The summed E-state index contributed by atoms with van der Waals surface area (Å²) >= 11 is 0. The molecule has 110 valence electrons. The lowest BCUT2D eigenvalue weighted by atomic mass is 9.90. The molecule has 1 heterocycles. The molecule has 1 aliphatic heterocycles. The molecule has 0 saturated carbocycles. The van der Waals surface area contributed by atoms with E-state index in [1.54, 1.807) is 0 Å². The maximum Gasteiger partial charge on any atom is 0.224 e. The van der Waals surface area contributed by atoms with Crippen LogP contribution in [-0.4, -0.2) is 29.9 Å². The van der Waals surface area contributed by atoms with E-state index in [1.807, 2.05) is 35.2 Å². The van der Waals surface area contributed by atoms with Gasteiger partial charge >= 0.3 is 0 Å². The quantitative estimate of drug-likeness (QED) is 0.878. The Hall–Kier alpha value is -1.39. The van der Waals surface area contributed by atoms with Crippen molar-refractivity contribution >= 4 is 5.91 Å². The fourth-order valence-electron chi connectivity index (χ4n) is 3.04. The predicted octanol–water partition coefficient (Wildman–Crippen LogP) is 1.66. The van der Waals surface area contributed by atoms with Crippen molar-refractivity contribution < 1.29 is 4.79 Å². The van der Waals surface area contributed by atoms with Crippen LogP contribution in [0.1, 0.15) is 37.8 Å². The second-order valence-corrected chi connectivity index (χ2v) is 5.73. The highest BCUT2D eigenvalue weighted by molar-refractivity contribution is 5.77. The average molecular weight is 275 g/mol. The molecule has 0 aromatic heterocycles. The predicted molar refractivity (Wildman–Crippen MR) is 80.9 cm³/mol. The third-order valence-corrected chi connectivity index (χ3v) is 4.30. The van der Waals surface area contributed by atoms with Gasteiger partial charge in [-0.15, -0.1) is 0 Å². The second-order valence-electron chi connectivity index (χ2n) is 5.73. The van der Waals surface area contributed by atoms with Crippen molar-refractivity contribution in [2.24, 2.45) is 17.4 Å². The van der Waals surface area contributed by atoms with Crippen molar-refractivity contribution in [1.29, 1.82) is 0 Å². The first kappa shape index (κ1) is 15.0. The van der Waals surface area contributed by atoms with E-state index in [0.717, 1.165) is 24.9 Å². The molecule has 3 unspecified atom stereocenters. The summed E-state index contributed by atoms with van der Waals surface area (Å²) in [5.41, 5.74) is 13.0. The lowest BCUT2D eigenvalue weighted by molar-refractivity contribution is -0.136. The Kier molecular flexibility index (Phi) is 5.15. The summed E-state index contributed by atoms with van der Waals surface area (Å²) < 4.78 is 0. The SMILES string of the molecule is CC1CCCN(C(=O)CC(N)c2ccccc2)C1CN. The van der Waals surface area contributed by atoms with Crippen molar-refractivity contribution in [2.75, 3.05) is 13.1 Å². The van der Waals surface area contributed by atoms with Crippen LogP contribution in [0.4, 0.5) is 0 Å². The van der Waals surface area contributed by atoms with Gasteiger partial charge in [0.15, 0.2) is 0 Å². The van der Waals surface area contributed by atoms with E-state index >= 15 is 0 Å². The first-order valence-electron chi connectivity index (χ1n) is 7.43. The van der Waals surface area contributed by atoms with Gasteiger partial charge in [0.25, 0.3) is 0 Å². The van der Waals surface area contributed by atoms with Crippen LogP contribution >= 0.6 is 0 Å². The van der Waals surface area contributed by atoms with Gasteiger partial charge in [0.05, 0.1) is 0 Å². The molecule has 0 aliphatic carbocycles. The number of rotatable bonds is 4. The van der Waals surface area contributed by atoms with Gasteiger partial charge in [-0.1, -0.05) is 37.3 Å². The molecule has 1 aliphatic rings. The zero-order valence-corrected chi connectivity index (χ0v) is 12.2. The van der Waals surface area contributed by atoms with Crippen LogP contribution < -0.4 is 11.5 Å². The molecular weight excluding hydrogens is 250 g/mol. The Morgan fingerprint density at radius 3 is 2.75 bits per heavy atom. The lowest BCUT2D eigenvalue weighted by Crippen LogP contribution is -2.51. The normalized spacial score (nSPS) is 24.4. The minimum Gasteiger partial charge on any atom is -0.338 e. The van der Waals surface area contributed by atoms with E-state index in [1.165, 1.54) is 0 Å². The van der Waals surface area contributed by atoms with Gasteiger partial charge in [-0.3, -0.25) is 4.79 Å². The summed E-state index contributed by atoms with van der Waals surface area (Å²) in [7, 11) is 0. The molecule has 2 rings (SSSR count). The topological polar surface area (TPSA) is 72.3 Å². The molecule has 4 nitrogen and oxygen atoms in total. The van der Waals surface area contributed by atoms with E-state index in [9.17, 15) is 4.79 Å². The molecule has 4 heteroatoms. The smallest absolute Gasteiger partial charge is 0.224 e. The van der Waals surface area contributed by atoms with Gasteiger partial charge in [0.1, 0.15) is 0 Å². The summed E-state index contributed by atoms with van der Waals surface area (Å²) in [6.45, 7) is 3.52. The maximum absolute atomic E-state index is 12.5. The highest BCUT2D eigenvalue weighted by Gasteiger charge is 2.31. The molecular formula is C16H25N3O. The first-order chi connectivity index (χ1) is 9.63. The second kappa shape index (κ2) is 6.86. The average Bonchev–Trinajstić information content (AvgIpc) is 2.47. The summed E-state index contributed by atoms with van der Waals surface area (Å²) in [6, 6.07) is 9.72. The van der Waals surface area contributed by atoms with E-state index < -0.39 is 0 Å². The fraction of sp³-hybridized carbons (Fsp3) is 0.562. The fourth-order valence-corrected chi connectivity index (χ4v) is 3.04. The number of likely N-dealkylation sites (tertiary alicyclic amines) is 1. The summed E-state index contributed by atoms with van der Waals surface area (Å²) in [5, 5.41) is 0. The van der Waals surface area contributed by atoms with E-state index in [2.05, 4.69) is 6.92 Å². The monoisotopic (exact) mass is 275 g/mol. The maximum atomic E-state index is 12.5.